The highest BCUT2D eigenvalue weighted by Gasteiger charge is 2.07. The predicted molar refractivity (Wildman–Crippen MR) is 76.1 cm³/mol. The molecule has 2 heterocycles. The number of nitrogens with zero attached hydrogens (tertiary/aromatic N) is 2. The minimum atomic E-state index is -0.319. The van der Waals surface area contributed by atoms with E-state index < -0.39 is 0 Å². The number of pyridine rings is 1. The molecule has 1 aromatic carbocycles. The fraction of sp³-hybridized carbons (Fsp3) is 0.0667. The van der Waals surface area contributed by atoms with Gasteiger partial charge in [-0.15, -0.1) is 0 Å². The molecule has 3 aromatic rings. The maximum Gasteiger partial charge on any atom is 0.265 e. The number of nitrogens with one attached hydrogen (secondary N) is 1. The van der Waals surface area contributed by atoms with Gasteiger partial charge in [0.2, 0.25) is 0 Å². The molecule has 5 nitrogen and oxygen atoms in total. The molecule has 3 N–H and O–H groups in total. The monoisotopic (exact) mass is 266 g/mol. The molecule has 2 aromatic heterocycles. The lowest BCUT2D eigenvalue weighted by Gasteiger charge is -1.99. The van der Waals surface area contributed by atoms with Crippen LogP contribution in [0, 0.1) is 0 Å². The van der Waals surface area contributed by atoms with Gasteiger partial charge in [-0.1, -0.05) is 30.3 Å². The third kappa shape index (κ3) is 2.39. The second-order valence-corrected chi connectivity index (χ2v) is 4.55. The van der Waals surface area contributed by atoms with Crippen molar-refractivity contribution in [1.29, 1.82) is 0 Å². The highest BCUT2D eigenvalue weighted by Crippen LogP contribution is 2.12. The van der Waals surface area contributed by atoms with Gasteiger partial charge in [-0.25, -0.2) is 10.8 Å². The molecule has 0 fully saturated rings. The van der Waals surface area contributed by atoms with Crippen LogP contribution in [0.5, 0.6) is 0 Å². The van der Waals surface area contributed by atoms with Crippen LogP contribution >= 0.6 is 0 Å². The number of imidazole rings is 1. The summed E-state index contributed by atoms with van der Waals surface area (Å²) in [5.74, 6) is 4.81. The minimum Gasteiger partial charge on any atom is -0.307 e. The van der Waals surface area contributed by atoms with E-state index in [1.807, 2.05) is 28.8 Å². The molecular formula is C15H14N4O. The fourth-order valence-electron chi connectivity index (χ4n) is 2.15. The smallest absolute Gasteiger partial charge is 0.265 e. The van der Waals surface area contributed by atoms with Crippen LogP contribution in [0.1, 0.15) is 21.6 Å². The summed E-state index contributed by atoms with van der Waals surface area (Å²) in [5, 5.41) is 0. The average Bonchev–Trinajstić information content (AvgIpc) is 2.88. The first-order valence-electron chi connectivity index (χ1n) is 6.29. The number of carbonyl (C=O) groups excluding carboxylic acids is 1. The number of rotatable bonds is 3. The van der Waals surface area contributed by atoms with Crippen molar-refractivity contribution >= 4 is 11.6 Å². The number of fused-ring (bicyclic) bond motifs is 1. The molecule has 0 aliphatic rings. The summed E-state index contributed by atoms with van der Waals surface area (Å²) in [6.45, 7) is 0. The zero-order valence-electron chi connectivity index (χ0n) is 10.8. The normalized spacial score (nSPS) is 10.7. The van der Waals surface area contributed by atoms with Gasteiger partial charge in [-0.3, -0.25) is 10.2 Å². The summed E-state index contributed by atoms with van der Waals surface area (Å²) in [7, 11) is 0. The second kappa shape index (κ2) is 5.14. The zero-order chi connectivity index (χ0) is 13.9. The van der Waals surface area contributed by atoms with Crippen LogP contribution in [0.4, 0.5) is 0 Å². The molecule has 0 unspecified atom stereocenters. The molecule has 1 amide bonds. The molecular weight excluding hydrogens is 252 g/mol. The van der Waals surface area contributed by atoms with Gasteiger partial charge in [0.05, 0.1) is 5.69 Å². The van der Waals surface area contributed by atoms with Gasteiger partial charge in [0.15, 0.2) is 0 Å². The first-order chi connectivity index (χ1) is 9.76. The maximum atomic E-state index is 11.5. The van der Waals surface area contributed by atoms with E-state index in [9.17, 15) is 4.79 Å². The van der Waals surface area contributed by atoms with Gasteiger partial charge in [0.25, 0.3) is 5.91 Å². The Labute approximate surface area is 116 Å². The summed E-state index contributed by atoms with van der Waals surface area (Å²) in [5.41, 5.74) is 5.51. The Balaban J connectivity index is 1.92. The number of carbonyl (C=O) groups is 1. The number of nitrogens with two attached hydrogens (primary N) is 1. The Hall–Kier alpha value is -2.66. The van der Waals surface area contributed by atoms with Gasteiger partial charge in [-0.05, 0) is 17.7 Å². The number of amides is 1. The highest BCUT2D eigenvalue weighted by molar-refractivity contribution is 5.94. The number of benzene rings is 1. The van der Waals surface area contributed by atoms with Crippen molar-refractivity contribution < 1.29 is 4.79 Å². The molecule has 0 saturated heterocycles. The number of nitrogen functional groups attached to an aromatic ring is 1. The molecule has 5 heteroatoms. The van der Waals surface area contributed by atoms with E-state index in [0.717, 1.165) is 17.8 Å². The van der Waals surface area contributed by atoms with Crippen LogP contribution in [-0.4, -0.2) is 15.3 Å². The molecule has 20 heavy (non-hydrogen) atoms. The van der Waals surface area contributed by atoms with E-state index in [1.54, 1.807) is 18.3 Å². The van der Waals surface area contributed by atoms with Crippen molar-refractivity contribution in [2.24, 2.45) is 5.84 Å². The van der Waals surface area contributed by atoms with Gasteiger partial charge < -0.3 is 4.40 Å². The van der Waals surface area contributed by atoms with E-state index in [1.165, 1.54) is 5.56 Å². The standard InChI is InChI=1S/C15H14N4O/c16-18-15(20)12-6-7-19-10-13(17-14(19)9-12)8-11-4-2-1-3-5-11/h1-7,9-10H,8,16H2,(H,18,20). The maximum absolute atomic E-state index is 11.5. The second-order valence-electron chi connectivity index (χ2n) is 4.55. The topological polar surface area (TPSA) is 72.4 Å². The number of aromatic nitrogens is 2. The fourth-order valence-corrected chi connectivity index (χ4v) is 2.15. The third-order valence-corrected chi connectivity index (χ3v) is 3.13. The van der Waals surface area contributed by atoms with E-state index >= 15 is 0 Å². The van der Waals surface area contributed by atoms with Crippen molar-refractivity contribution in [2.75, 3.05) is 0 Å². The number of hydrazine groups is 1. The Morgan fingerprint density at radius 2 is 2.05 bits per heavy atom. The van der Waals surface area contributed by atoms with Crippen molar-refractivity contribution in [3.05, 3.63) is 71.7 Å². The summed E-state index contributed by atoms with van der Waals surface area (Å²) in [4.78, 5) is 16.0. The van der Waals surface area contributed by atoms with Gasteiger partial charge in [0.1, 0.15) is 5.65 Å². The molecule has 0 spiro atoms. The molecule has 0 radical (unpaired) electrons. The number of hydrogen-bond donors (Lipinski definition) is 2. The molecule has 0 aliphatic heterocycles. The largest absolute Gasteiger partial charge is 0.307 e. The predicted octanol–water partition coefficient (Wildman–Crippen LogP) is 1.53. The number of hydrogen-bond acceptors (Lipinski definition) is 3. The molecule has 0 saturated carbocycles. The first-order valence-corrected chi connectivity index (χ1v) is 6.29. The lowest BCUT2D eigenvalue weighted by Crippen LogP contribution is -2.29. The minimum absolute atomic E-state index is 0.319. The highest BCUT2D eigenvalue weighted by atomic mass is 16.2. The third-order valence-electron chi connectivity index (χ3n) is 3.13. The van der Waals surface area contributed by atoms with E-state index in [0.29, 0.717) is 5.56 Å². The van der Waals surface area contributed by atoms with Crippen LogP contribution < -0.4 is 11.3 Å². The quantitative estimate of drug-likeness (QED) is 0.429. The van der Waals surface area contributed by atoms with E-state index in [2.05, 4.69) is 22.5 Å². The van der Waals surface area contributed by atoms with Crippen LogP contribution in [0.25, 0.3) is 5.65 Å². The Bertz CT molecular complexity index is 749. The van der Waals surface area contributed by atoms with Crippen LogP contribution in [-0.2, 0) is 6.42 Å². The van der Waals surface area contributed by atoms with Crippen molar-refractivity contribution in [1.82, 2.24) is 14.8 Å². The Morgan fingerprint density at radius 1 is 1.25 bits per heavy atom. The summed E-state index contributed by atoms with van der Waals surface area (Å²) in [6.07, 6.45) is 4.54. The van der Waals surface area contributed by atoms with Gasteiger partial charge in [0, 0.05) is 24.4 Å². The summed E-state index contributed by atoms with van der Waals surface area (Å²) < 4.78 is 1.89. The Morgan fingerprint density at radius 3 is 2.80 bits per heavy atom. The molecule has 0 atom stereocenters. The molecule has 0 bridgehead atoms. The molecule has 0 aliphatic carbocycles. The van der Waals surface area contributed by atoms with Crippen molar-refractivity contribution in [3.8, 4) is 0 Å². The van der Waals surface area contributed by atoms with Crippen LogP contribution in [0.15, 0.2) is 54.9 Å². The first kappa shape index (κ1) is 12.4. The van der Waals surface area contributed by atoms with Gasteiger partial charge in [-0.2, -0.15) is 0 Å². The molecule has 3 rings (SSSR count). The van der Waals surface area contributed by atoms with E-state index in [-0.39, 0.29) is 5.91 Å². The summed E-state index contributed by atoms with van der Waals surface area (Å²) in [6, 6.07) is 13.6. The lowest BCUT2D eigenvalue weighted by molar-refractivity contribution is 0.0953. The lowest BCUT2D eigenvalue weighted by atomic mass is 10.1. The molecule has 100 valence electrons. The Kier molecular flexibility index (Phi) is 3.18. The average molecular weight is 266 g/mol. The van der Waals surface area contributed by atoms with Crippen LogP contribution in [0.2, 0.25) is 0 Å². The van der Waals surface area contributed by atoms with E-state index in [4.69, 9.17) is 5.84 Å². The SMILES string of the molecule is NNC(=O)c1ccn2cc(Cc3ccccc3)nc2c1. The van der Waals surface area contributed by atoms with Crippen LogP contribution in [0.3, 0.4) is 0 Å². The summed E-state index contributed by atoms with van der Waals surface area (Å²) >= 11 is 0. The van der Waals surface area contributed by atoms with Crippen molar-refractivity contribution in [3.63, 3.8) is 0 Å². The zero-order valence-corrected chi connectivity index (χ0v) is 10.8. The van der Waals surface area contributed by atoms with Crippen molar-refractivity contribution in [2.45, 2.75) is 6.42 Å². The van der Waals surface area contributed by atoms with Gasteiger partial charge >= 0.3 is 0 Å².